The fourth-order valence-electron chi connectivity index (χ4n) is 2.85. The number of carbonyl (C=O) groups excluding carboxylic acids is 1. The maximum absolute atomic E-state index is 12.6. The Labute approximate surface area is 164 Å². The van der Waals surface area contributed by atoms with Crippen LogP contribution in [0, 0.1) is 0 Å². The van der Waals surface area contributed by atoms with Gasteiger partial charge in [0.05, 0.1) is 26.2 Å². The average molecular weight is 424 g/mol. The largest absolute Gasteiger partial charge is 0.320 e. The predicted octanol–water partition coefficient (Wildman–Crippen LogP) is 5.26. The Hall–Kier alpha value is -1.86. The van der Waals surface area contributed by atoms with Crippen LogP contribution in [0.3, 0.4) is 0 Å². The minimum atomic E-state index is -3.49. The number of hydrogen-bond donors (Lipinski definition) is 1. The Bertz CT molecular complexity index is 1150. The van der Waals surface area contributed by atoms with Gasteiger partial charge in [0.15, 0.2) is 9.84 Å². The van der Waals surface area contributed by atoms with Gasteiger partial charge in [-0.2, -0.15) is 0 Å². The van der Waals surface area contributed by atoms with Gasteiger partial charge >= 0.3 is 0 Å². The van der Waals surface area contributed by atoms with E-state index in [0.717, 1.165) is 4.88 Å². The summed E-state index contributed by atoms with van der Waals surface area (Å²) in [5, 5.41) is 3.56. The van der Waals surface area contributed by atoms with Crippen LogP contribution in [0.1, 0.15) is 15.2 Å². The maximum atomic E-state index is 12.6. The number of halogens is 2. The number of rotatable bonds is 2. The van der Waals surface area contributed by atoms with Crippen LogP contribution in [0.2, 0.25) is 10.0 Å². The molecule has 3 aromatic rings. The van der Waals surface area contributed by atoms with Crippen LogP contribution in [0.5, 0.6) is 0 Å². The molecule has 0 atom stereocenters. The Kier molecular flexibility index (Phi) is 4.31. The summed E-state index contributed by atoms with van der Waals surface area (Å²) >= 11 is 13.3. The molecule has 0 saturated heterocycles. The first-order valence-corrected chi connectivity index (χ1v) is 10.8. The number of thiophene rings is 1. The number of fused-ring (bicyclic) bond motifs is 3. The highest BCUT2D eigenvalue weighted by Gasteiger charge is 2.31. The molecule has 0 spiro atoms. The van der Waals surface area contributed by atoms with E-state index in [4.69, 9.17) is 23.2 Å². The second-order valence-corrected chi connectivity index (χ2v) is 9.65. The van der Waals surface area contributed by atoms with Gasteiger partial charge in [-0.3, -0.25) is 4.79 Å². The number of hydrogen-bond acceptors (Lipinski definition) is 4. The maximum Gasteiger partial charge on any atom is 0.265 e. The second-order valence-electron chi connectivity index (χ2n) is 5.80. The molecule has 1 aliphatic rings. The lowest BCUT2D eigenvalue weighted by Crippen LogP contribution is -2.11. The fraction of sp³-hybridized carbons (Fsp3) is 0.0556. The molecule has 8 heteroatoms. The van der Waals surface area contributed by atoms with Gasteiger partial charge in [0.2, 0.25) is 0 Å². The Morgan fingerprint density at radius 3 is 2.62 bits per heavy atom. The molecule has 0 aliphatic carbocycles. The molecule has 1 aliphatic heterocycles. The molecule has 4 nitrogen and oxygen atoms in total. The Morgan fingerprint density at radius 2 is 1.85 bits per heavy atom. The quantitative estimate of drug-likeness (QED) is 0.610. The summed E-state index contributed by atoms with van der Waals surface area (Å²) in [6.07, 6.45) is 0. The zero-order valence-electron chi connectivity index (χ0n) is 13.1. The molecule has 132 valence electrons. The number of amides is 1. The predicted molar refractivity (Wildman–Crippen MR) is 105 cm³/mol. The van der Waals surface area contributed by atoms with Crippen molar-refractivity contribution in [1.29, 1.82) is 0 Å². The molecule has 0 unspecified atom stereocenters. The normalized spacial score (nSPS) is 14.4. The molecular weight excluding hydrogens is 413 g/mol. The molecule has 26 heavy (non-hydrogen) atoms. The van der Waals surface area contributed by atoms with Gasteiger partial charge in [-0.1, -0.05) is 41.4 Å². The van der Waals surface area contributed by atoms with E-state index < -0.39 is 9.84 Å². The summed E-state index contributed by atoms with van der Waals surface area (Å²) < 4.78 is 25.1. The van der Waals surface area contributed by atoms with E-state index >= 15 is 0 Å². The first-order valence-electron chi connectivity index (χ1n) is 7.56. The number of anilines is 1. The van der Waals surface area contributed by atoms with Crippen molar-refractivity contribution in [2.45, 2.75) is 10.6 Å². The standard InChI is InChI=1S/C18H11Cl2NO3S2/c19-11-5-6-12-16(8-11)26(23,24)9-10-7-15(25-17(10)12)18(22)21-14-4-2-1-3-13(14)20/h1-8H,9H2,(H,21,22). The van der Waals surface area contributed by atoms with Crippen molar-refractivity contribution in [3.8, 4) is 10.4 Å². The van der Waals surface area contributed by atoms with Crippen molar-refractivity contribution < 1.29 is 13.2 Å². The van der Waals surface area contributed by atoms with E-state index in [2.05, 4.69) is 5.32 Å². The Balaban J connectivity index is 1.75. The van der Waals surface area contributed by atoms with Crippen molar-refractivity contribution in [3.63, 3.8) is 0 Å². The summed E-state index contributed by atoms with van der Waals surface area (Å²) in [6.45, 7) is 0. The molecular formula is C18H11Cl2NO3S2. The van der Waals surface area contributed by atoms with Crippen molar-refractivity contribution in [2.24, 2.45) is 0 Å². The first kappa shape index (κ1) is 17.5. The SMILES string of the molecule is O=C(Nc1ccccc1Cl)c1cc2c(s1)-c1ccc(Cl)cc1S(=O)(=O)C2. The summed E-state index contributed by atoms with van der Waals surface area (Å²) in [7, 11) is -3.49. The van der Waals surface area contributed by atoms with Crippen molar-refractivity contribution in [2.75, 3.05) is 5.32 Å². The molecule has 0 radical (unpaired) electrons. The smallest absolute Gasteiger partial charge is 0.265 e. The highest BCUT2D eigenvalue weighted by atomic mass is 35.5. The molecule has 0 fully saturated rings. The molecule has 1 amide bonds. The summed E-state index contributed by atoms with van der Waals surface area (Å²) in [4.78, 5) is 14.0. The van der Waals surface area contributed by atoms with Crippen LogP contribution in [0.15, 0.2) is 53.4 Å². The lowest BCUT2D eigenvalue weighted by Gasteiger charge is -2.16. The van der Waals surface area contributed by atoms with Crippen molar-refractivity contribution >= 4 is 56.0 Å². The number of nitrogens with one attached hydrogen (secondary N) is 1. The molecule has 1 aromatic heterocycles. The second kappa shape index (κ2) is 6.39. The van der Waals surface area contributed by atoms with E-state index in [1.54, 1.807) is 42.5 Å². The molecule has 2 heterocycles. The third kappa shape index (κ3) is 3.03. The number of carbonyl (C=O) groups is 1. The molecule has 4 rings (SSSR count). The third-order valence-electron chi connectivity index (χ3n) is 4.02. The van der Waals surface area contributed by atoms with Gasteiger partial charge in [0.1, 0.15) is 0 Å². The van der Waals surface area contributed by atoms with Crippen LogP contribution < -0.4 is 5.32 Å². The minimum absolute atomic E-state index is 0.147. The van der Waals surface area contributed by atoms with E-state index in [0.29, 0.717) is 31.7 Å². The topological polar surface area (TPSA) is 63.2 Å². The van der Waals surface area contributed by atoms with Gasteiger partial charge in [0, 0.05) is 15.5 Å². The van der Waals surface area contributed by atoms with Gasteiger partial charge in [-0.15, -0.1) is 11.3 Å². The molecule has 0 saturated carbocycles. The monoisotopic (exact) mass is 423 g/mol. The zero-order chi connectivity index (χ0) is 18.5. The van der Waals surface area contributed by atoms with Crippen LogP contribution >= 0.6 is 34.5 Å². The Morgan fingerprint density at radius 1 is 1.08 bits per heavy atom. The fourth-order valence-corrected chi connectivity index (χ4v) is 6.14. The number of benzene rings is 2. The molecule has 2 aromatic carbocycles. The zero-order valence-corrected chi connectivity index (χ0v) is 16.3. The first-order chi connectivity index (χ1) is 12.3. The molecule has 1 N–H and O–H groups in total. The van der Waals surface area contributed by atoms with E-state index in [1.807, 2.05) is 0 Å². The average Bonchev–Trinajstić information content (AvgIpc) is 3.00. The van der Waals surface area contributed by atoms with Crippen LogP contribution in [0.25, 0.3) is 10.4 Å². The highest BCUT2D eigenvalue weighted by molar-refractivity contribution is 7.91. The number of para-hydroxylation sites is 1. The summed E-state index contributed by atoms with van der Waals surface area (Å²) in [5.74, 6) is -0.476. The van der Waals surface area contributed by atoms with Gasteiger partial charge < -0.3 is 5.32 Å². The number of sulfone groups is 1. The lowest BCUT2D eigenvalue weighted by molar-refractivity contribution is 0.103. The van der Waals surface area contributed by atoms with E-state index in [-0.39, 0.29) is 16.6 Å². The van der Waals surface area contributed by atoms with Gasteiger partial charge in [-0.05, 0) is 35.9 Å². The van der Waals surface area contributed by atoms with Crippen LogP contribution in [0.4, 0.5) is 5.69 Å². The van der Waals surface area contributed by atoms with Crippen molar-refractivity contribution in [1.82, 2.24) is 0 Å². The van der Waals surface area contributed by atoms with Crippen LogP contribution in [-0.4, -0.2) is 14.3 Å². The minimum Gasteiger partial charge on any atom is -0.320 e. The lowest BCUT2D eigenvalue weighted by atomic mass is 10.1. The van der Waals surface area contributed by atoms with Gasteiger partial charge in [-0.25, -0.2) is 8.42 Å². The van der Waals surface area contributed by atoms with Crippen molar-refractivity contribution in [3.05, 3.63) is 69.0 Å². The van der Waals surface area contributed by atoms with E-state index in [9.17, 15) is 13.2 Å². The summed E-state index contributed by atoms with van der Waals surface area (Å²) in [6, 6.07) is 13.3. The molecule has 0 bridgehead atoms. The highest BCUT2D eigenvalue weighted by Crippen LogP contribution is 2.43. The van der Waals surface area contributed by atoms with Gasteiger partial charge in [0.25, 0.3) is 5.91 Å². The third-order valence-corrected chi connectivity index (χ3v) is 7.50. The van der Waals surface area contributed by atoms with Crippen LogP contribution in [-0.2, 0) is 15.6 Å². The summed E-state index contributed by atoms with van der Waals surface area (Å²) in [5.41, 5.74) is 1.71. The van der Waals surface area contributed by atoms with E-state index in [1.165, 1.54) is 17.4 Å².